The third-order valence-electron chi connectivity index (χ3n) is 4.11. The van der Waals surface area contributed by atoms with Crippen LogP contribution >= 0.6 is 0 Å². The van der Waals surface area contributed by atoms with Crippen molar-refractivity contribution in [2.45, 2.75) is 26.9 Å². The monoisotopic (exact) mass is 352 g/mol. The first-order chi connectivity index (χ1) is 12.5. The summed E-state index contributed by atoms with van der Waals surface area (Å²) in [4.78, 5) is 28.4. The molecule has 0 aliphatic carbocycles. The minimum Gasteiger partial charge on any atom is -0.328 e. The van der Waals surface area contributed by atoms with Crippen molar-refractivity contribution >= 4 is 16.9 Å². The van der Waals surface area contributed by atoms with Crippen molar-refractivity contribution in [3.05, 3.63) is 76.0 Å². The quantitative estimate of drug-likeness (QED) is 0.419. The summed E-state index contributed by atoms with van der Waals surface area (Å²) in [7, 11) is 0. The molecule has 2 aromatic heterocycles. The van der Waals surface area contributed by atoms with Crippen molar-refractivity contribution in [1.82, 2.24) is 19.6 Å². The number of hydrogen-bond donors (Lipinski definition) is 2. The maximum atomic E-state index is 12.6. The van der Waals surface area contributed by atoms with E-state index in [9.17, 15) is 9.59 Å². The van der Waals surface area contributed by atoms with E-state index in [-0.39, 0.29) is 5.56 Å². The number of aromatic nitrogens is 3. The van der Waals surface area contributed by atoms with Crippen molar-refractivity contribution in [2.24, 2.45) is 0 Å². The summed E-state index contributed by atoms with van der Waals surface area (Å²) in [5, 5.41) is 9.23. The highest BCUT2D eigenvalue weighted by atomic mass is 16.5. The Morgan fingerprint density at radius 2 is 1.92 bits per heavy atom. The number of hydrogen-bond acceptors (Lipinski definition) is 4. The fourth-order valence-corrected chi connectivity index (χ4v) is 2.67. The molecular formula is C19H20N4O3. The number of allylic oxidation sites excluding steroid dienone is 2. The Bertz CT molecular complexity index is 1030. The fourth-order valence-electron chi connectivity index (χ4n) is 2.67. The highest BCUT2D eigenvalue weighted by Gasteiger charge is 2.09. The molecule has 0 aliphatic rings. The zero-order valence-electron chi connectivity index (χ0n) is 14.6. The molecular weight excluding hydrogens is 332 g/mol. The number of amides is 1. The van der Waals surface area contributed by atoms with Crippen LogP contribution in [-0.4, -0.2) is 25.2 Å². The smallest absolute Gasteiger partial charge is 0.274 e. The molecule has 2 N–H and O–H groups in total. The van der Waals surface area contributed by atoms with Crippen LogP contribution in [0.4, 0.5) is 0 Å². The van der Waals surface area contributed by atoms with Gasteiger partial charge in [-0.2, -0.15) is 0 Å². The molecule has 2 heterocycles. The molecule has 1 aromatic carbocycles. The van der Waals surface area contributed by atoms with Gasteiger partial charge in [0.15, 0.2) is 0 Å². The predicted octanol–water partition coefficient (Wildman–Crippen LogP) is 2.33. The Balaban J connectivity index is 1.87. The van der Waals surface area contributed by atoms with E-state index in [1.165, 1.54) is 0 Å². The van der Waals surface area contributed by atoms with Crippen LogP contribution in [0.1, 0.15) is 29.8 Å². The van der Waals surface area contributed by atoms with Gasteiger partial charge in [0, 0.05) is 24.8 Å². The highest BCUT2D eigenvalue weighted by molar-refractivity contribution is 5.93. The normalized spacial score (nSPS) is 10.7. The molecule has 0 radical (unpaired) electrons. The zero-order valence-corrected chi connectivity index (χ0v) is 14.6. The number of nitrogens with zero attached hydrogens (tertiary/aromatic N) is 3. The molecule has 0 fully saturated rings. The van der Waals surface area contributed by atoms with E-state index < -0.39 is 5.91 Å². The van der Waals surface area contributed by atoms with Gasteiger partial charge in [0.05, 0.1) is 5.39 Å². The average molecular weight is 352 g/mol. The standard InChI is InChI=1S/C19H20N4O3/c1-13(2)7-9-23-12-20-17-16(19(23)25)8-10-22(17)11-14-3-5-15(6-4-14)18(24)21-26/h3-8,10,12,26H,9,11H2,1-2H3,(H,21,24). The van der Waals surface area contributed by atoms with Crippen molar-refractivity contribution in [3.8, 4) is 0 Å². The first kappa shape index (κ1) is 17.6. The van der Waals surface area contributed by atoms with Gasteiger partial charge in [-0.15, -0.1) is 0 Å². The molecule has 7 heteroatoms. The number of nitrogens with one attached hydrogen (secondary N) is 1. The van der Waals surface area contributed by atoms with Crippen LogP contribution in [0.2, 0.25) is 0 Å². The first-order valence-electron chi connectivity index (χ1n) is 8.20. The lowest BCUT2D eigenvalue weighted by Crippen LogP contribution is -2.20. The molecule has 3 aromatic rings. The maximum absolute atomic E-state index is 12.6. The van der Waals surface area contributed by atoms with Crippen LogP contribution in [-0.2, 0) is 13.1 Å². The number of benzene rings is 1. The predicted molar refractivity (Wildman–Crippen MR) is 98.2 cm³/mol. The average Bonchev–Trinajstić information content (AvgIpc) is 3.04. The number of rotatable bonds is 5. The van der Waals surface area contributed by atoms with Gasteiger partial charge in [-0.05, 0) is 37.6 Å². The molecule has 0 saturated heterocycles. The molecule has 0 bridgehead atoms. The molecule has 3 rings (SSSR count). The Kier molecular flexibility index (Phi) is 4.99. The first-order valence-corrected chi connectivity index (χ1v) is 8.20. The number of hydroxylamine groups is 1. The van der Waals surface area contributed by atoms with Gasteiger partial charge in [0.2, 0.25) is 0 Å². The number of carbonyl (C=O) groups excluding carboxylic acids is 1. The third kappa shape index (κ3) is 3.57. The van der Waals surface area contributed by atoms with E-state index in [1.807, 2.05) is 30.7 Å². The SMILES string of the molecule is CC(C)=CCn1cnc2c(ccn2Cc2ccc(C(=O)NO)cc2)c1=O. The summed E-state index contributed by atoms with van der Waals surface area (Å²) < 4.78 is 3.48. The van der Waals surface area contributed by atoms with Crippen LogP contribution in [0.5, 0.6) is 0 Å². The highest BCUT2D eigenvalue weighted by Crippen LogP contribution is 2.13. The summed E-state index contributed by atoms with van der Waals surface area (Å²) in [5.41, 5.74) is 4.63. The minimum atomic E-state index is -0.554. The van der Waals surface area contributed by atoms with Crippen LogP contribution in [0.25, 0.3) is 11.0 Å². The number of carbonyl (C=O) groups is 1. The Morgan fingerprint density at radius 3 is 2.58 bits per heavy atom. The zero-order chi connectivity index (χ0) is 18.7. The summed E-state index contributed by atoms with van der Waals surface area (Å²) >= 11 is 0. The molecule has 1 amide bonds. The van der Waals surface area contributed by atoms with Crippen molar-refractivity contribution < 1.29 is 10.0 Å². The van der Waals surface area contributed by atoms with Gasteiger partial charge in [-0.3, -0.25) is 19.4 Å². The minimum absolute atomic E-state index is 0.0683. The number of fused-ring (bicyclic) bond motifs is 1. The molecule has 0 aliphatic heterocycles. The molecule has 134 valence electrons. The molecule has 0 spiro atoms. The maximum Gasteiger partial charge on any atom is 0.274 e. The van der Waals surface area contributed by atoms with Crippen LogP contribution in [0.15, 0.2) is 59.3 Å². The van der Waals surface area contributed by atoms with Crippen LogP contribution < -0.4 is 11.0 Å². The van der Waals surface area contributed by atoms with Crippen LogP contribution in [0, 0.1) is 0 Å². The fraction of sp³-hybridized carbons (Fsp3) is 0.211. The molecule has 0 atom stereocenters. The summed E-state index contributed by atoms with van der Waals surface area (Å²) in [5.74, 6) is -0.554. The molecule has 26 heavy (non-hydrogen) atoms. The van der Waals surface area contributed by atoms with Crippen LogP contribution in [0.3, 0.4) is 0 Å². The Labute approximate surface area is 150 Å². The lowest BCUT2D eigenvalue weighted by atomic mass is 10.1. The van der Waals surface area contributed by atoms with Crippen molar-refractivity contribution in [2.75, 3.05) is 0 Å². The third-order valence-corrected chi connectivity index (χ3v) is 4.11. The van der Waals surface area contributed by atoms with Gasteiger partial charge >= 0.3 is 0 Å². The van der Waals surface area contributed by atoms with Crippen molar-refractivity contribution in [1.29, 1.82) is 0 Å². The largest absolute Gasteiger partial charge is 0.328 e. The lowest BCUT2D eigenvalue weighted by Gasteiger charge is -2.07. The van der Waals surface area contributed by atoms with Gasteiger partial charge < -0.3 is 4.57 Å². The van der Waals surface area contributed by atoms with E-state index in [4.69, 9.17) is 5.21 Å². The van der Waals surface area contributed by atoms with Gasteiger partial charge in [0.1, 0.15) is 12.0 Å². The summed E-state index contributed by atoms with van der Waals surface area (Å²) in [6, 6.07) is 8.63. The van der Waals surface area contributed by atoms with E-state index >= 15 is 0 Å². The second-order valence-electron chi connectivity index (χ2n) is 6.30. The second-order valence-corrected chi connectivity index (χ2v) is 6.30. The lowest BCUT2D eigenvalue weighted by molar-refractivity contribution is 0.0706. The van der Waals surface area contributed by atoms with E-state index in [2.05, 4.69) is 4.98 Å². The Hall–Kier alpha value is -3.19. The summed E-state index contributed by atoms with van der Waals surface area (Å²) in [6.45, 7) is 5.00. The summed E-state index contributed by atoms with van der Waals surface area (Å²) in [6.07, 6.45) is 5.38. The van der Waals surface area contributed by atoms with E-state index in [0.29, 0.717) is 29.7 Å². The van der Waals surface area contributed by atoms with E-state index in [1.54, 1.807) is 46.7 Å². The Morgan fingerprint density at radius 1 is 1.19 bits per heavy atom. The molecule has 0 unspecified atom stereocenters. The van der Waals surface area contributed by atoms with Gasteiger partial charge in [-0.1, -0.05) is 23.8 Å². The van der Waals surface area contributed by atoms with Crippen molar-refractivity contribution in [3.63, 3.8) is 0 Å². The second kappa shape index (κ2) is 7.37. The topological polar surface area (TPSA) is 89.2 Å². The van der Waals surface area contributed by atoms with E-state index in [0.717, 1.165) is 11.1 Å². The van der Waals surface area contributed by atoms with Gasteiger partial charge in [0.25, 0.3) is 11.5 Å². The van der Waals surface area contributed by atoms with Gasteiger partial charge in [-0.25, -0.2) is 10.5 Å². The molecule has 0 saturated carbocycles. The molecule has 7 nitrogen and oxygen atoms in total.